The molecule has 0 aromatic carbocycles. The van der Waals surface area contributed by atoms with Gasteiger partial charge in [0.1, 0.15) is 5.52 Å². The van der Waals surface area contributed by atoms with Crippen LogP contribution in [-0.2, 0) is 0 Å². The number of hydrogen-bond acceptors (Lipinski definition) is 3. The van der Waals surface area contributed by atoms with Gasteiger partial charge >= 0.3 is 5.69 Å². The smallest absolute Gasteiger partial charge is 0.323 e. The van der Waals surface area contributed by atoms with Crippen LogP contribution in [0, 0.1) is 0 Å². The summed E-state index contributed by atoms with van der Waals surface area (Å²) in [5.41, 5.74) is 5.31. The minimum absolute atomic E-state index is 0.114. The predicted molar refractivity (Wildman–Crippen MR) is 50.2 cm³/mol. The average Bonchev–Trinajstić information content (AvgIpc) is 2.47. The summed E-state index contributed by atoms with van der Waals surface area (Å²) in [4.78, 5) is 30.4. The summed E-state index contributed by atoms with van der Waals surface area (Å²) in [5, 5.41) is 0.114. The van der Waals surface area contributed by atoms with Crippen LogP contribution in [0.4, 0.5) is 0 Å². The Labute approximate surface area is 82.1 Å². The zero-order valence-corrected chi connectivity index (χ0v) is 7.55. The Morgan fingerprint density at radius 3 is 2.71 bits per heavy atom. The molecule has 0 saturated heterocycles. The molecule has 2 aromatic rings. The van der Waals surface area contributed by atoms with Crippen LogP contribution in [0.25, 0.3) is 11.0 Å². The number of H-pyrrole nitrogens is 2. The molecular weight excluding hydrogens is 208 g/mol. The zero-order chi connectivity index (χ0) is 10.3. The third kappa shape index (κ3) is 1.16. The van der Waals surface area contributed by atoms with Crippen molar-refractivity contribution in [2.75, 3.05) is 0 Å². The van der Waals surface area contributed by atoms with Gasteiger partial charge in [0, 0.05) is 6.20 Å². The highest BCUT2D eigenvalue weighted by molar-refractivity contribution is 6.34. The molecule has 2 aromatic heterocycles. The van der Waals surface area contributed by atoms with Gasteiger partial charge < -0.3 is 15.7 Å². The standard InChI is InChI=1S/C7H5ClN4O2/c8-5-4-3(11-7(14)12-4)2(1-10-5)6(9)13/h1H,(H2,9,13)(H2,11,12,14). The average molecular weight is 213 g/mol. The number of carbonyl (C=O) groups excluding carboxylic acids is 1. The lowest BCUT2D eigenvalue weighted by Gasteiger charge is -1.97. The highest BCUT2D eigenvalue weighted by Crippen LogP contribution is 2.18. The van der Waals surface area contributed by atoms with E-state index in [0.717, 1.165) is 0 Å². The van der Waals surface area contributed by atoms with E-state index in [2.05, 4.69) is 15.0 Å². The molecule has 0 fully saturated rings. The van der Waals surface area contributed by atoms with Crippen LogP contribution in [-0.4, -0.2) is 20.9 Å². The topological polar surface area (TPSA) is 105 Å². The maximum atomic E-state index is 11.0. The molecule has 14 heavy (non-hydrogen) atoms. The van der Waals surface area contributed by atoms with Crippen LogP contribution < -0.4 is 11.4 Å². The van der Waals surface area contributed by atoms with Crippen LogP contribution in [0.3, 0.4) is 0 Å². The molecule has 0 unspecified atom stereocenters. The third-order valence-corrected chi connectivity index (χ3v) is 2.06. The number of amides is 1. The highest BCUT2D eigenvalue weighted by atomic mass is 35.5. The number of carbonyl (C=O) groups is 1. The van der Waals surface area contributed by atoms with Crippen molar-refractivity contribution < 1.29 is 4.79 Å². The summed E-state index contributed by atoms with van der Waals surface area (Å²) in [7, 11) is 0. The first-order valence-electron chi connectivity index (χ1n) is 3.66. The number of imidazole rings is 1. The van der Waals surface area contributed by atoms with Gasteiger partial charge in [-0.05, 0) is 0 Å². The molecule has 2 rings (SSSR count). The van der Waals surface area contributed by atoms with Crippen LogP contribution >= 0.6 is 11.6 Å². The fraction of sp³-hybridized carbons (Fsp3) is 0. The van der Waals surface area contributed by atoms with Gasteiger partial charge in [-0.3, -0.25) is 4.79 Å². The Bertz CT molecular complexity index is 571. The van der Waals surface area contributed by atoms with Crippen LogP contribution in [0.1, 0.15) is 10.4 Å². The van der Waals surface area contributed by atoms with Gasteiger partial charge in [0.2, 0.25) is 0 Å². The molecule has 72 valence electrons. The van der Waals surface area contributed by atoms with Crippen molar-refractivity contribution in [1.82, 2.24) is 15.0 Å². The fourth-order valence-corrected chi connectivity index (χ4v) is 1.37. The molecule has 0 aliphatic carbocycles. The Morgan fingerprint density at radius 2 is 2.07 bits per heavy atom. The monoisotopic (exact) mass is 212 g/mol. The number of aromatic amines is 2. The quantitative estimate of drug-likeness (QED) is 0.580. The fourth-order valence-electron chi connectivity index (χ4n) is 1.18. The van der Waals surface area contributed by atoms with E-state index in [-0.39, 0.29) is 21.7 Å². The molecule has 7 heteroatoms. The number of nitrogens with two attached hydrogens (primary N) is 1. The summed E-state index contributed by atoms with van der Waals surface area (Å²) in [6.45, 7) is 0. The van der Waals surface area contributed by atoms with E-state index in [0.29, 0.717) is 0 Å². The molecule has 0 spiro atoms. The molecule has 0 saturated carbocycles. The molecule has 1 amide bonds. The molecular formula is C7H5ClN4O2. The van der Waals surface area contributed by atoms with E-state index >= 15 is 0 Å². The van der Waals surface area contributed by atoms with E-state index in [1.165, 1.54) is 6.20 Å². The number of hydrogen-bond donors (Lipinski definition) is 3. The molecule has 0 radical (unpaired) electrons. The number of nitrogens with zero attached hydrogens (tertiary/aromatic N) is 1. The molecule has 0 aliphatic rings. The highest BCUT2D eigenvalue weighted by Gasteiger charge is 2.12. The van der Waals surface area contributed by atoms with Gasteiger partial charge in [-0.2, -0.15) is 0 Å². The maximum absolute atomic E-state index is 11.0. The second kappa shape index (κ2) is 2.85. The van der Waals surface area contributed by atoms with E-state index in [4.69, 9.17) is 17.3 Å². The summed E-state index contributed by atoms with van der Waals surface area (Å²) in [6.07, 6.45) is 1.22. The summed E-state index contributed by atoms with van der Waals surface area (Å²) in [6, 6.07) is 0. The number of primary amides is 1. The Kier molecular flexibility index (Phi) is 1.78. The van der Waals surface area contributed by atoms with Crippen molar-refractivity contribution in [2.45, 2.75) is 0 Å². The molecule has 4 N–H and O–H groups in total. The molecule has 0 bridgehead atoms. The number of rotatable bonds is 1. The van der Waals surface area contributed by atoms with E-state index in [1.807, 2.05) is 0 Å². The van der Waals surface area contributed by atoms with Gasteiger partial charge in [0.15, 0.2) is 5.15 Å². The first-order valence-corrected chi connectivity index (χ1v) is 4.03. The Balaban J connectivity index is 2.94. The van der Waals surface area contributed by atoms with Gasteiger partial charge in [-0.15, -0.1) is 0 Å². The maximum Gasteiger partial charge on any atom is 0.323 e. The molecule has 2 heterocycles. The van der Waals surface area contributed by atoms with Crippen molar-refractivity contribution in [3.8, 4) is 0 Å². The summed E-state index contributed by atoms with van der Waals surface area (Å²) < 4.78 is 0. The first-order chi connectivity index (χ1) is 6.59. The molecule has 0 atom stereocenters. The summed E-state index contributed by atoms with van der Waals surface area (Å²) >= 11 is 5.69. The van der Waals surface area contributed by atoms with Crippen molar-refractivity contribution >= 4 is 28.5 Å². The number of aromatic nitrogens is 3. The number of fused-ring (bicyclic) bond motifs is 1. The second-order valence-corrected chi connectivity index (χ2v) is 3.01. The number of halogens is 1. The van der Waals surface area contributed by atoms with Gasteiger partial charge in [0.25, 0.3) is 5.91 Å². The van der Waals surface area contributed by atoms with E-state index in [1.54, 1.807) is 0 Å². The van der Waals surface area contributed by atoms with Gasteiger partial charge in [0.05, 0.1) is 11.1 Å². The largest absolute Gasteiger partial charge is 0.365 e. The lowest BCUT2D eigenvalue weighted by atomic mass is 10.2. The third-order valence-electron chi connectivity index (χ3n) is 1.78. The zero-order valence-electron chi connectivity index (χ0n) is 6.80. The van der Waals surface area contributed by atoms with Crippen LogP contribution in [0.15, 0.2) is 11.0 Å². The van der Waals surface area contributed by atoms with Crippen molar-refractivity contribution in [2.24, 2.45) is 5.73 Å². The molecule has 6 nitrogen and oxygen atoms in total. The first kappa shape index (κ1) is 8.76. The normalized spacial score (nSPS) is 10.6. The van der Waals surface area contributed by atoms with Gasteiger partial charge in [-0.25, -0.2) is 9.78 Å². The minimum atomic E-state index is -0.672. The summed E-state index contributed by atoms with van der Waals surface area (Å²) in [5.74, 6) is -0.672. The second-order valence-electron chi connectivity index (χ2n) is 2.66. The SMILES string of the molecule is NC(=O)c1cnc(Cl)c2[nH]c(=O)[nH]c12. The predicted octanol–water partition coefficient (Wildman–Crippen LogP) is 0.00350. The Hall–Kier alpha value is -1.82. The van der Waals surface area contributed by atoms with E-state index < -0.39 is 11.6 Å². The van der Waals surface area contributed by atoms with Crippen LogP contribution in [0.5, 0.6) is 0 Å². The Morgan fingerprint density at radius 1 is 1.43 bits per heavy atom. The van der Waals surface area contributed by atoms with Crippen molar-refractivity contribution in [1.29, 1.82) is 0 Å². The number of pyridine rings is 1. The lowest BCUT2D eigenvalue weighted by molar-refractivity contribution is 0.100. The van der Waals surface area contributed by atoms with Gasteiger partial charge in [-0.1, -0.05) is 11.6 Å². The van der Waals surface area contributed by atoms with Crippen molar-refractivity contribution in [3.63, 3.8) is 0 Å². The van der Waals surface area contributed by atoms with E-state index in [9.17, 15) is 9.59 Å². The lowest BCUT2D eigenvalue weighted by Crippen LogP contribution is -2.12. The molecule has 0 aliphatic heterocycles. The minimum Gasteiger partial charge on any atom is -0.365 e. The number of nitrogens with one attached hydrogen (secondary N) is 2. The van der Waals surface area contributed by atoms with Crippen molar-refractivity contribution in [3.05, 3.63) is 27.4 Å². The van der Waals surface area contributed by atoms with Crippen LogP contribution in [0.2, 0.25) is 5.15 Å².